The maximum Gasteiger partial charge on any atom is 0.410 e. The van der Waals surface area contributed by atoms with Crippen molar-refractivity contribution in [3.8, 4) is 0 Å². The van der Waals surface area contributed by atoms with Crippen molar-refractivity contribution < 1.29 is 19.4 Å². The number of aliphatic hydroxyl groups is 1. The molecule has 1 heterocycles. The third-order valence-corrected chi connectivity index (χ3v) is 3.30. The van der Waals surface area contributed by atoms with Crippen molar-refractivity contribution in [2.24, 2.45) is 0 Å². The lowest BCUT2D eigenvalue weighted by molar-refractivity contribution is -0.0452. The zero-order valence-electron chi connectivity index (χ0n) is 11.4. The fourth-order valence-electron chi connectivity index (χ4n) is 2.17. The molecule has 1 saturated carbocycles. The van der Waals surface area contributed by atoms with Gasteiger partial charge in [0.2, 0.25) is 0 Å². The van der Waals surface area contributed by atoms with E-state index in [4.69, 9.17) is 9.47 Å². The van der Waals surface area contributed by atoms with Crippen LogP contribution in [0.15, 0.2) is 0 Å². The molecule has 1 amide bonds. The van der Waals surface area contributed by atoms with Crippen LogP contribution in [0.4, 0.5) is 4.79 Å². The summed E-state index contributed by atoms with van der Waals surface area (Å²) in [6.45, 7) is 7.13. The standard InChI is InChI=1S/C13H23NO4/c1-12(2,3)18-11(15)14-6-7-17-9-10(14)8-13(16)4-5-13/h10,16H,4-9H2,1-3H3. The minimum Gasteiger partial charge on any atom is -0.444 e. The fraction of sp³-hybridized carbons (Fsp3) is 0.923. The van der Waals surface area contributed by atoms with Gasteiger partial charge in [-0.05, 0) is 40.0 Å². The van der Waals surface area contributed by atoms with Crippen molar-refractivity contribution in [2.45, 2.75) is 57.3 Å². The first-order valence-corrected chi connectivity index (χ1v) is 6.59. The summed E-state index contributed by atoms with van der Waals surface area (Å²) in [6, 6.07) is -0.0684. The van der Waals surface area contributed by atoms with Gasteiger partial charge < -0.3 is 19.5 Å². The molecular weight excluding hydrogens is 234 g/mol. The van der Waals surface area contributed by atoms with E-state index in [1.807, 2.05) is 20.8 Å². The van der Waals surface area contributed by atoms with E-state index in [0.717, 1.165) is 12.8 Å². The minimum absolute atomic E-state index is 0.0684. The number of hydrogen-bond donors (Lipinski definition) is 1. The Morgan fingerprint density at radius 2 is 2.17 bits per heavy atom. The first kappa shape index (κ1) is 13.6. The molecule has 0 aromatic heterocycles. The molecule has 2 fully saturated rings. The van der Waals surface area contributed by atoms with E-state index in [1.54, 1.807) is 4.90 Å². The summed E-state index contributed by atoms with van der Waals surface area (Å²) in [5.41, 5.74) is -1.07. The van der Waals surface area contributed by atoms with Gasteiger partial charge in [0.05, 0.1) is 24.9 Å². The highest BCUT2D eigenvalue weighted by Gasteiger charge is 2.45. The molecule has 1 atom stereocenters. The molecular formula is C13H23NO4. The summed E-state index contributed by atoms with van der Waals surface area (Å²) >= 11 is 0. The lowest BCUT2D eigenvalue weighted by Gasteiger charge is -2.37. The molecule has 1 saturated heterocycles. The molecule has 5 nitrogen and oxygen atoms in total. The minimum atomic E-state index is -0.578. The Morgan fingerprint density at radius 1 is 1.50 bits per heavy atom. The van der Waals surface area contributed by atoms with E-state index >= 15 is 0 Å². The predicted octanol–water partition coefficient (Wildman–Crippen LogP) is 1.54. The van der Waals surface area contributed by atoms with Crippen molar-refractivity contribution in [1.82, 2.24) is 4.90 Å². The summed E-state index contributed by atoms with van der Waals surface area (Å²) in [7, 11) is 0. The van der Waals surface area contributed by atoms with Crippen molar-refractivity contribution in [3.63, 3.8) is 0 Å². The number of rotatable bonds is 2. The van der Waals surface area contributed by atoms with Gasteiger partial charge in [0.15, 0.2) is 0 Å². The Hall–Kier alpha value is -0.810. The van der Waals surface area contributed by atoms with Gasteiger partial charge >= 0.3 is 6.09 Å². The highest BCUT2D eigenvalue weighted by molar-refractivity contribution is 5.68. The average molecular weight is 257 g/mol. The molecule has 0 radical (unpaired) electrons. The van der Waals surface area contributed by atoms with Crippen molar-refractivity contribution in [1.29, 1.82) is 0 Å². The zero-order valence-corrected chi connectivity index (χ0v) is 11.4. The van der Waals surface area contributed by atoms with Gasteiger partial charge in [-0.15, -0.1) is 0 Å². The number of carbonyl (C=O) groups is 1. The number of morpholine rings is 1. The predicted molar refractivity (Wildman–Crippen MR) is 66.3 cm³/mol. The molecule has 0 bridgehead atoms. The summed E-state index contributed by atoms with van der Waals surface area (Å²) in [6.07, 6.45) is 1.93. The molecule has 1 aliphatic carbocycles. The summed E-state index contributed by atoms with van der Waals surface area (Å²) < 4.78 is 10.8. The molecule has 18 heavy (non-hydrogen) atoms. The maximum atomic E-state index is 12.1. The third-order valence-electron chi connectivity index (χ3n) is 3.30. The highest BCUT2D eigenvalue weighted by Crippen LogP contribution is 2.40. The molecule has 0 aromatic rings. The zero-order chi connectivity index (χ0) is 13.4. The molecule has 0 spiro atoms. The van der Waals surface area contributed by atoms with Gasteiger partial charge in [-0.1, -0.05) is 0 Å². The van der Waals surface area contributed by atoms with Crippen LogP contribution in [0, 0.1) is 0 Å². The Balaban J connectivity index is 1.96. The SMILES string of the molecule is CC(C)(C)OC(=O)N1CCOCC1CC1(O)CC1. The van der Waals surface area contributed by atoms with Gasteiger partial charge in [-0.3, -0.25) is 0 Å². The van der Waals surface area contributed by atoms with Crippen LogP contribution in [-0.4, -0.2) is 53.1 Å². The first-order chi connectivity index (χ1) is 8.29. The van der Waals surface area contributed by atoms with E-state index in [-0.39, 0.29) is 12.1 Å². The Bertz CT molecular complexity index is 319. The molecule has 0 aromatic carbocycles. The van der Waals surface area contributed by atoms with E-state index in [1.165, 1.54) is 0 Å². The van der Waals surface area contributed by atoms with Gasteiger partial charge in [0.1, 0.15) is 5.60 Å². The van der Waals surface area contributed by atoms with Crippen molar-refractivity contribution in [3.05, 3.63) is 0 Å². The second-order valence-corrected chi connectivity index (χ2v) is 6.33. The Kier molecular flexibility index (Phi) is 3.56. The Morgan fingerprint density at radius 3 is 2.72 bits per heavy atom. The number of hydrogen-bond acceptors (Lipinski definition) is 4. The van der Waals surface area contributed by atoms with Crippen LogP contribution in [0.2, 0.25) is 0 Å². The molecule has 104 valence electrons. The number of nitrogens with zero attached hydrogens (tertiary/aromatic N) is 1. The molecule has 1 N–H and O–H groups in total. The van der Waals surface area contributed by atoms with Crippen LogP contribution in [0.25, 0.3) is 0 Å². The maximum absolute atomic E-state index is 12.1. The van der Waals surface area contributed by atoms with Crippen LogP contribution in [0.1, 0.15) is 40.0 Å². The lowest BCUT2D eigenvalue weighted by Crippen LogP contribution is -2.51. The fourth-order valence-corrected chi connectivity index (χ4v) is 2.17. The lowest BCUT2D eigenvalue weighted by atomic mass is 10.1. The monoisotopic (exact) mass is 257 g/mol. The summed E-state index contributed by atoms with van der Waals surface area (Å²) in [4.78, 5) is 13.8. The normalized spacial score (nSPS) is 26.9. The van der Waals surface area contributed by atoms with Gasteiger partial charge in [-0.25, -0.2) is 4.79 Å². The van der Waals surface area contributed by atoms with Crippen LogP contribution < -0.4 is 0 Å². The van der Waals surface area contributed by atoms with Gasteiger partial charge in [-0.2, -0.15) is 0 Å². The van der Waals surface area contributed by atoms with Crippen LogP contribution in [0.5, 0.6) is 0 Å². The second-order valence-electron chi connectivity index (χ2n) is 6.33. The average Bonchev–Trinajstić information content (AvgIpc) is 2.94. The second kappa shape index (κ2) is 4.70. The van der Waals surface area contributed by atoms with Crippen LogP contribution in [-0.2, 0) is 9.47 Å². The van der Waals surface area contributed by atoms with Gasteiger partial charge in [0.25, 0.3) is 0 Å². The van der Waals surface area contributed by atoms with E-state index in [9.17, 15) is 9.90 Å². The quantitative estimate of drug-likeness (QED) is 0.815. The molecule has 1 aliphatic heterocycles. The summed E-state index contributed by atoms with van der Waals surface area (Å²) in [5, 5.41) is 9.98. The number of carbonyl (C=O) groups excluding carboxylic acids is 1. The third kappa shape index (κ3) is 3.59. The molecule has 2 aliphatic rings. The molecule has 5 heteroatoms. The molecule has 1 unspecified atom stereocenters. The largest absolute Gasteiger partial charge is 0.444 e. The van der Waals surface area contributed by atoms with E-state index in [0.29, 0.717) is 26.2 Å². The molecule has 2 rings (SSSR count). The van der Waals surface area contributed by atoms with Crippen LogP contribution >= 0.6 is 0 Å². The van der Waals surface area contributed by atoms with Crippen LogP contribution in [0.3, 0.4) is 0 Å². The van der Waals surface area contributed by atoms with E-state index in [2.05, 4.69) is 0 Å². The van der Waals surface area contributed by atoms with Crippen molar-refractivity contribution >= 4 is 6.09 Å². The summed E-state index contributed by atoms with van der Waals surface area (Å²) in [5.74, 6) is 0. The topological polar surface area (TPSA) is 59.0 Å². The highest BCUT2D eigenvalue weighted by atomic mass is 16.6. The Labute approximate surface area is 108 Å². The van der Waals surface area contributed by atoms with Crippen molar-refractivity contribution in [2.75, 3.05) is 19.8 Å². The number of amides is 1. The first-order valence-electron chi connectivity index (χ1n) is 6.59. The number of ether oxygens (including phenoxy) is 2. The smallest absolute Gasteiger partial charge is 0.410 e. The van der Waals surface area contributed by atoms with E-state index < -0.39 is 11.2 Å². The van der Waals surface area contributed by atoms with Gasteiger partial charge in [0, 0.05) is 6.54 Å².